The summed E-state index contributed by atoms with van der Waals surface area (Å²) in [5.41, 5.74) is -0.225. The SMILES string of the molecule is CCCc1nc(Cl)cc(NCC(C)(C)OCC)n1. The van der Waals surface area contributed by atoms with Gasteiger partial charge >= 0.3 is 0 Å². The Morgan fingerprint density at radius 1 is 1.33 bits per heavy atom. The van der Waals surface area contributed by atoms with Gasteiger partial charge < -0.3 is 10.1 Å². The van der Waals surface area contributed by atoms with Crippen LogP contribution in [-0.2, 0) is 11.2 Å². The summed E-state index contributed by atoms with van der Waals surface area (Å²) in [6.45, 7) is 9.54. The zero-order valence-electron chi connectivity index (χ0n) is 11.6. The van der Waals surface area contributed by atoms with Crippen molar-refractivity contribution in [3.8, 4) is 0 Å². The minimum absolute atomic E-state index is 0.225. The fraction of sp³-hybridized carbons (Fsp3) is 0.692. The topological polar surface area (TPSA) is 47.0 Å². The molecule has 1 rings (SSSR count). The van der Waals surface area contributed by atoms with Gasteiger partial charge in [0.25, 0.3) is 0 Å². The minimum Gasteiger partial charge on any atom is -0.374 e. The molecule has 5 heteroatoms. The van der Waals surface area contributed by atoms with Crippen LogP contribution in [0.15, 0.2) is 6.07 Å². The molecule has 0 amide bonds. The van der Waals surface area contributed by atoms with Gasteiger partial charge in [0.15, 0.2) is 0 Å². The van der Waals surface area contributed by atoms with E-state index < -0.39 is 0 Å². The van der Waals surface area contributed by atoms with Gasteiger partial charge in [-0.05, 0) is 27.2 Å². The smallest absolute Gasteiger partial charge is 0.134 e. The number of aromatic nitrogens is 2. The van der Waals surface area contributed by atoms with Crippen LogP contribution in [0, 0.1) is 0 Å². The Morgan fingerprint density at radius 2 is 2.06 bits per heavy atom. The van der Waals surface area contributed by atoms with Gasteiger partial charge in [-0.2, -0.15) is 0 Å². The van der Waals surface area contributed by atoms with Gasteiger partial charge in [-0.15, -0.1) is 0 Å². The van der Waals surface area contributed by atoms with Crippen LogP contribution in [0.2, 0.25) is 5.15 Å². The van der Waals surface area contributed by atoms with Crippen LogP contribution in [0.25, 0.3) is 0 Å². The van der Waals surface area contributed by atoms with Crippen molar-refractivity contribution in [2.75, 3.05) is 18.5 Å². The van der Waals surface area contributed by atoms with Crippen molar-refractivity contribution in [2.45, 2.75) is 46.1 Å². The van der Waals surface area contributed by atoms with Crippen LogP contribution >= 0.6 is 11.6 Å². The van der Waals surface area contributed by atoms with Crippen molar-refractivity contribution in [3.63, 3.8) is 0 Å². The summed E-state index contributed by atoms with van der Waals surface area (Å²) in [6.07, 6.45) is 1.84. The zero-order chi connectivity index (χ0) is 13.6. The Morgan fingerprint density at radius 3 is 2.67 bits per heavy atom. The molecule has 0 aliphatic carbocycles. The molecule has 1 heterocycles. The molecule has 4 nitrogen and oxygen atoms in total. The summed E-state index contributed by atoms with van der Waals surface area (Å²) >= 11 is 5.97. The third kappa shape index (κ3) is 5.19. The van der Waals surface area contributed by atoms with E-state index in [9.17, 15) is 0 Å². The molecule has 0 bridgehead atoms. The van der Waals surface area contributed by atoms with E-state index in [4.69, 9.17) is 16.3 Å². The molecular weight excluding hydrogens is 250 g/mol. The van der Waals surface area contributed by atoms with E-state index in [-0.39, 0.29) is 5.60 Å². The number of hydrogen-bond donors (Lipinski definition) is 1. The zero-order valence-corrected chi connectivity index (χ0v) is 12.3. The Hall–Kier alpha value is -0.870. The summed E-state index contributed by atoms with van der Waals surface area (Å²) in [5, 5.41) is 3.73. The highest BCUT2D eigenvalue weighted by Crippen LogP contribution is 2.15. The van der Waals surface area contributed by atoms with Gasteiger partial charge in [-0.1, -0.05) is 18.5 Å². The van der Waals surface area contributed by atoms with Crippen LogP contribution in [0.5, 0.6) is 0 Å². The Bertz CT molecular complexity index is 382. The predicted octanol–water partition coefficient (Wildman–Crippen LogP) is 3.31. The maximum Gasteiger partial charge on any atom is 0.134 e. The maximum atomic E-state index is 5.97. The number of anilines is 1. The second-order valence-electron chi connectivity index (χ2n) is 4.79. The predicted molar refractivity (Wildman–Crippen MR) is 75.2 cm³/mol. The molecule has 0 aliphatic rings. The Labute approximate surface area is 114 Å². The fourth-order valence-electron chi connectivity index (χ4n) is 1.64. The molecule has 0 aliphatic heterocycles. The van der Waals surface area contributed by atoms with Gasteiger partial charge in [0.05, 0.1) is 5.60 Å². The van der Waals surface area contributed by atoms with Crippen LogP contribution in [0.4, 0.5) is 5.82 Å². The van der Waals surface area contributed by atoms with Crippen LogP contribution < -0.4 is 5.32 Å². The maximum absolute atomic E-state index is 5.97. The number of nitrogens with zero attached hydrogens (tertiary/aromatic N) is 2. The molecule has 0 saturated carbocycles. The average molecular weight is 272 g/mol. The molecule has 1 aromatic heterocycles. The average Bonchev–Trinajstić information content (AvgIpc) is 2.26. The van der Waals surface area contributed by atoms with E-state index in [0.29, 0.717) is 18.3 Å². The van der Waals surface area contributed by atoms with Crippen molar-refractivity contribution in [2.24, 2.45) is 0 Å². The van der Waals surface area contributed by atoms with Gasteiger partial charge in [-0.3, -0.25) is 0 Å². The second-order valence-corrected chi connectivity index (χ2v) is 5.18. The number of halogens is 1. The van der Waals surface area contributed by atoms with Crippen molar-refractivity contribution >= 4 is 17.4 Å². The monoisotopic (exact) mass is 271 g/mol. The lowest BCUT2D eigenvalue weighted by Gasteiger charge is -2.25. The highest BCUT2D eigenvalue weighted by atomic mass is 35.5. The molecule has 0 atom stereocenters. The van der Waals surface area contributed by atoms with Crippen LogP contribution in [0.1, 0.15) is 39.9 Å². The molecule has 0 unspecified atom stereocenters. The summed E-state index contributed by atoms with van der Waals surface area (Å²) in [4.78, 5) is 8.61. The summed E-state index contributed by atoms with van der Waals surface area (Å²) in [5.74, 6) is 1.54. The summed E-state index contributed by atoms with van der Waals surface area (Å²) in [7, 11) is 0. The fourth-order valence-corrected chi connectivity index (χ4v) is 1.84. The van der Waals surface area contributed by atoms with E-state index in [1.807, 2.05) is 20.8 Å². The van der Waals surface area contributed by atoms with E-state index in [1.54, 1.807) is 6.07 Å². The van der Waals surface area contributed by atoms with Gasteiger partial charge in [0.1, 0.15) is 16.8 Å². The molecular formula is C13H22ClN3O. The first-order valence-corrected chi connectivity index (χ1v) is 6.76. The lowest BCUT2D eigenvalue weighted by molar-refractivity contribution is 0.000637. The molecule has 0 fully saturated rings. The molecule has 1 aromatic rings. The number of hydrogen-bond acceptors (Lipinski definition) is 4. The van der Waals surface area contributed by atoms with E-state index in [0.717, 1.165) is 24.5 Å². The lowest BCUT2D eigenvalue weighted by atomic mass is 10.1. The number of nitrogens with one attached hydrogen (secondary N) is 1. The molecule has 102 valence electrons. The molecule has 18 heavy (non-hydrogen) atoms. The molecule has 0 spiro atoms. The van der Waals surface area contributed by atoms with Gasteiger partial charge in [-0.25, -0.2) is 9.97 Å². The quantitative estimate of drug-likeness (QED) is 0.773. The van der Waals surface area contributed by atoms with E-state index in [1.165, 1.54) is 0 Å². The van der Waals surface area contributed by atoms with Crippen molar-refractivity contribution in [3.05, 3.63) is 17.0 Å². The number of aryl methyl sites for hydroxylation is 1. The van der Waals surface area contributed by atoms with Gasteiger partial charge in [0, 0.05) is 25.6 Å². The van der Waals surface area contributed by atoms with Crippen LogP contribution in [0.3, 0.4) is 0 Å². The van der Waals surface area contributed by atoms with Crippen molar-refractivity contribution < 1.29 is 4.74 Å². The standard InChI is InChI=1S/C13H22ClN3O/c1-5-7-11-16-10(14)8-12(17-11)15-9-13(3,4)18-6-2/h8H,5-7,9H2,1-4H3,(H,15,16,17). The van der Waals surface area contributed by atoms with Crippen molar-refractivity contribution in [1.82, 2.24) is 9.97 Å². The lowest BCUT2D eigenvalue weighted by Crippen LogP contribution is -2.33. The molecule has 1 N–H and O–H groups in total. The third-order valence-electron chi connectivity index (χ3n) is 2.45. The molecule has 0 radical (unpaired) electrons. The first kappa shape index (κ1) is 15.2. The number of ether oxygens (including phenoxy) is 1. The Kier molecular flexibility index (Phi) is 5.82. The highest BCUT2D eigenvalue weighted by Gasteiger charge is 2.17. The van der Waals surface area contributed by atoms with E-state index >= 15 is 0 Å². The number of rotatable bonds is 7. The van der Waals surface area contributed by atoms with Gasteiger partial charge in [0.2, 0.25) is 0 Å². The minimum atomic E-state index is -0.225. The first-order valence-electron chi connectivity index (χ1n) is 6.38. The third-order valence-corrected chi connectivity index (χ3v) is 2.64. The largest absolute Gasteiger partial charge is 0.374 e. The summed E-state index contributed by atoms with van der Waals surface area (Å²) < 4.78 is 5.62. The molecule has 0 saturated heterocycles. The first-order chi connectivity index (χ1) is 8.46. The molecule has 0 aromatic carbocycles. The second kappa shape index (κ2) is 6.90. The van der Waals surface area contributed by atoms with Crippen molar-refractivity contribution in [1.29, 1.82) is 0 Å². The highest BCUT2D eigenvalue weighted by molar-refractivity contribution is 6.29. The summed E-state index contributed by atoms with van der Waals surface area (Å²) in [6, 6.07) is 1.74. The van der Waals surface area contributed by atoms with E-state index in [2.05, 4.69) is 22.2 Å². The Balaban J connectivity index is 2.66. The van der Waals surface area contributed by atoms with Crippen LogP contribution in [-0.4, -0.2) is 28.7 Å². The normalized spacial score (nSPS) is 11.6.